The molecule has 0 atom stereocenters. The third-order valence-corrected chi connectivity index (χ3v) is 3.74. The molecule has 1 saturated carbocycles. The Kier molecular flexibility index (Phi) is 3.76. The summed E-state index contributed by atoms with van der Waals surface area (Å²) in [5.41, 5.74) is -0.0322. The first-order valence-electron chi connectivity index (χ1n) is 6.11. The van der Waals surface area contributed by atoms with Gasteiger partial charge in [-0.15, -0.1) is 0 Å². The first-order chi connectivity index (χ1) is 7.35. The number of hydrogen-bond donors (Lipinski definition) is 0. The van der Waals surface area contributed by atoms with Crippen molar-refractivity contribution in [2.75, 3.05) is 32.8 Å². The van der Waals surface area contributed by atoms with Gasteiger partial charge in [-0.2, -0.15) is 0 Å². The molecule has 1 aliphatic heterocycles. The van der Waals surface area contributed by atoms with E-state index in [0.29, 0.717) is 0 Å². The first-order valence-corrected chi connectivity index (χ1v) is 6.11. The molecule has 1 heterocycles. The highest BCUT2D eigenvalue weighted by atomic mass is 16.5. The predicted molar refractivity (Wildman–Crippen MR) is 58.8 cm³/mol. The summed E-state index contributed by atoms with van der Waals surface area (Å²) in [7, 11) is 0. The van der Waals surface area contributed by atoms with Crippen LogP contribution in [0.5, 0.6) is 0 Å². The van der Waals surface area contributed by atoms with E-state index in [2.05, 4.69) is 4.90 Å². The van der Waals surface area contributed by atoms with Gasteiger partial charge in [-0.05, 0) is 12.8 Å². The number of carbonyl (C=O) groups is 1. The van der Waals surface area contributed by atoms with Crippen molar-refractivity contribution in [1.82, 2.24) is 4.90 Å². The fourth-order valence-corrected chi connectivity index (χ4v) is 2.77. The maximum atomic E-state index is 11.3. The van der Waals surface area contributed by atoms with Crippen LogP contribution in [0.1, 0.15) is 32.1 Å². The summed E-state index contributed by atoms with van der Waals surface area (Å²) in [5.74, 6) is 0. The van der Waals surface area contributed by atoms with E-state index in [-0.39, 0.29) is 5.41 Å². The lowest BCUT2D eigenvalue weighted by Crippen LogP contribution is -2.45. The zero-order valence-electron chi connectivity index (χ0n) is 9.41. The minimum absolute atomic E-state index is 0.0322. The van der Waals surface area contributed by atoms with Gasteiger partial charge in [0, 0.05) is 25.0 Å². The molecule has 1 aliphatic carbocycles. The van der Waals surface area contributed by atoms with Crippen molar-refractivity contribution in [3.05, 3.63) is 0 Å². The van der Waals surface area contributed by atoms with E-state index >= 15 is 0 Å². The zero-order chi connectivity index (χ0) is 10.6. The van der Waals surface area contributed by atoms with Gasteiger partial charge >= 0.3 is 0 Å². The molecule has 3 heteroatoms. The van der Waals surface area contributed by atoms with Gasteiger partial charge in [-0.3, -0.25) is 4.90 Å². The Hall–Kier alpha value is -0.410. The van der Waals surface area contributed by atoms with Crippen LogP contribution in [0.4, 0.5) is 0 Å². The second-order valence-electron chi connectivity index (χ2n) is 4.93. The highest BCUT2D eigenvalue weighted by molar-refractivity contribution is 5.60. The van der Waals surface area contributed by atoms with E-state index in [4.69, 9.17) is 4.74 Å². The average Bonchev–Trinajstić information content (AvgIpc) is 2.32. The summed E-state index contributed by atoms with van der Waals surface area (Å²) in [6.45, 7) is 4.61. The third-order valence-electron chi connectivity index (χ3n) is 3.74. The smallest absolute Gasteiger partial charge is 0.127 e. The van der Waals surface area contributed by atoms with Crippen LogP contribution >= 0.6 is 0 Å². The molecule has 0 aromatic rings. The molecule has 2 fully saturated rings. The molecule has 0 bridgehead atoms. The van der Waals surface area contributed by atoms with Crippen molar-refractivity contribution in [2.24, 2.45) is 5.41 Å². The van der Waals surface area contributed by atoms with Crippen molar-refractivity contribution in [3.63, 3.8) is 0 Å². The van der Waals surface area contributed by atoms with Gasteiger partial charge < -0.3 is 9.53 Å². The Morgan fingerprint density at radius 3 is 2.40 bits per heavy atom. The van der Waals surface area contributed by atoms with Gasteiger partial charge in [0.05, 0.1) is 13.2 Å². The van der Waals surface area contributed by atoms with Crippen LogP contribution in [-0.2, 0) is 9.53 Å². The third kappa shape index (κ3) is 2.79. The van der Waals surface area contributed by atoms with Crippen LogP contribution in [0.15, 0.2) is 0 Å². The lowest BCUT2D eigenvalue weighted by atomic mass is 9.75. The summed E-state index contributed by atoms with van der Waals surface area (Å²) >= 11 is 0. The van der Waals surface area contributed by atoms with Crippen molar-refractivity contribution < 1.29 is 9.53 Å². The lowest BCUT2D eigenvalue weighted by molar-refractivity contribution is -0.120. The van der Waals surface area contributed by atoms with Crippen LogP contribution in [0, 0.1) is 5.41 Å². The summed E-state index contributed by atoms with van der Waals surface area (Å²) in [6, 6.07) is 0. The number of ether oxygens (including phenoxy) is 1. The van der Waals surface area contributed by atoms with E-state index < -0.39 is 0 Å². The largest absolute Gasteiger partial charge is 0.379 e. The highest BCUT2D eigenvalue weighted by Gasteiger charge is 2.33. The molecule has 0 unspecified atom stereocenters. The Morgan fingerprint density at radius 1 is 1.13 bits per heavy atom. The van der Waals surface area contributed by atoms with Crippen molar-refractivity contribution >= 4 is 6.29 Å². The van der Waals surface area contributed by atoms with Crippen LogP contribution in [0.2, 0.25) is 0 Å². The summed E-state index contributed by atoms with van der Waals surface area (Å²) in [5, 5.41) is 0. The van der Waals surface area contributed by atoms with Crippen molar-refractivity contribution in [2.45, 2.75) is 32.1 Å². The molecule has 2 aliphatic rings. The number of rotatable bonds is 3. The van der Waals surface area contributed by atoms with Crippen LogP contribution in [0.25, 0.3) is 0 Å². The molecule has 0 spiro atoms. The Bertz CT molecular complexity index is 206. The second-order valence-corrected chi connectivity index (χ2v) is 4.93. The lowest BCUT2D eigenvalue weighted by Gasteiger charge is -2.38. The molecule has 0 radical (unpaired) electrons. The van der Waals surface area contributed by atoms with Gasteiger partial charge in [0.25, 0.3) is 0 Å². The summed E-state index contributed by atoms with van der Waals surface area (Å²) in [6.07, 6.45) is 7.16. The molecule has 2 rings (SSSR count). The van der Waals surface area contributed by atoms with E-state index in [0.717, 1.165) is 45.7 Å². The Morgan fingerprint density at radius 2 is 1.80 bits per heavy atom. The molecule has 0 aromatic carbocycles. The van der Waals surface area contributed by atoms with Crippen LogP contribution < -0.4 is 0 Å². The SMILES string of the molecule is O=CC1(CN2CCOCC2)CCCCC1. The van der Waals surface area contributed by atoms with Gasteiger partial charge in [-0.25, -0.2) is 0 Å². The number of morpholine rings is 1. The minimum atomic E-state index is -0.0322. The summed E-state index contributed by atoms with van der Waals surface area (Å²) < 4.78 is 5.33. The van der Waals surface area contributed by atoms with Crippen LogP contribution in [-0.4, -0.2) is 44.0 Å². The predicted octanol–water partition coefficient (Wildman–Crippen LogP) is 1.47. The monoisotopic (exact) mass is 211 g/mol. The second kappa shape index (κ2) is 5.08. The normalized spacial score (nSPS) is 27.5. The molecule has 0 amide bonds. The van der Waals surface area contributed by atoms with Gasteiger partial charge in [-0.1, -0.05) is 19.3 Å². The van der Waals surface area contributed by atoms with E-state index in [1.807, 2.05) is 0 Å². The maximum Gasteiger partial charge on any atom is 0.127 e. The maximum absolute atomic E-state index is 11.3. The van der Waals surface area contributed by atoms with E-state index in [1.54, 1.807) is 0 Å². The van der Waals surface area contributed by atoms with Gasteiger partial charge in [0.1, 0.15) is 6.29 Å². The number of carbonyl (C=O) groups excluding carboxylic acids is 1. The molecule has 0 aromatic heterocycles. The first kappa shape index (κ1) is 11.1. The fraction of sp³-hybridized carbons (Fsp3) is 0.917. The van der Waals surface area contributed by atoms with Crippen molar-refractivity contribution in [1.29, 1.82) is 0 Å². The molecular formula is C12H21NO2. The molecule has 86 valence electrons. The van der Waals surface area contributed by atoms with Crippen molar-refractivity contribution in [3.8, 4) is 0 Å². The van der Waals surface area contributed by atoms with E-state index in [1.165, 1.54) is 25.5 Å². The average molecular weight is 211 g/mol. The Labute approximate surface area is 91.8 Å². The fourth-order valence-electron chi connectivity index (χ4n) is 2.77. The topological polar surface area (TPSA) is 29.5 Å². The molecular weight excluding hydrogens is 190 g/mol. The number of hydrogen-bond acceptors (Lipinski definition) is 3. The van der Waals surface area contributed by atoms with Gasteiger partial charge in [0.2, 0.25) is 0 Å². The molecule has 0 N–H and O–H groups in total. The van der Waals surface area contributed by atoms with E-state index in [9.17, 15) is 4.79 Å². The quantitative estimate of drug-likeness (QED) is 0.662. The molecule has 3 nitrogen and oxygen atoms in total. The number of nitrogens with zero attached hydrogens (tertiary/aromatic N) is 1. The van der Waals surface area contributed by atoms with Crippen LogP contribution in [0.3, 0.4) is 0 Å². The minimum Gasteiger partial charge on any atom is -0.379 e. The molecule has 15 heavy (non-hydrogen) atoms. The molecule has 1 saturated heterocycles. The highest BCUT2D eigenvalue weighted by Crippen LogP contribution is 2.35. The van der Waals surface area contributed by atoms with Gasteiger partial charge in [0.15, 0.2) is 0 Å². The Balaban J connectivity index is 1.90. The summed E-state index contributed by atoms with van der Waals surface area (Å²) in [4.78, 5) is 13.7. The number of aldehydes is 1. The standard InChI is InChI=1S/C12H21NO2/c14-11-12(4-2-1-3-5-12)10-13-6-8-15-9-7-13/h11H,1-10H2. The zero-order valence-corrected chi connectivity index (χ0v) is 9.41.